The van der Waals surface area contributed by atoms with E-state index >= 15 is 0 Å². The lowest BCUT2D eigenvalue weighted by atomic mass is 10.0. The molecule has 0 fully saturated rings. The molecule has 1 aliphatic heterocycles. The van der Waals surface area contributed by atoms with Gasteiger partial charge in [0.2, 0.25) is 0 Å². The van der Waals surface area contributed by atoms with E-state index < -0.39 is 0 Å². The van der Waals surface area contributed by atoms with Crippen molar-refractivity contribution < 1.29 is 4.52 Å². The highest BCUT2D eigenvalue weighted by molar-refractivity contribution is 5.57. The van der Waals surface area contributed by atoms with Gasteiger partial charge in [0, 0.05) is 42.2 Å². The Morgan fingerprint density at radius 3 is 3.27 bits per heavy atom. The molecule has 0 radical (unpaired) electrons. The monoisotopic (exact) mass is 202 g/mol. The first-order valence-electron chi connectivity index (χ1n) is 4.89. The fourth-order valence-electron chi connectivity index (χ4n) is 1.78. The number of fused-ring (bicyclic) bond motifs is 1. The summed E-state index contributed by atoms with van der Waals surface area (Å²) in [5.41, 5.74) is 4.10. The minimum absolute atomic E-state index is 0.732. The van der Waals surface area contributed by atoms with E-state index in [9.17, 15) is 0 Å². The van der Waals surface area contributed by atoms with Crippen LogP contribution in [0.5, 0.6) is 0 Å². The summed E-state index contributed by atoms with van der Waals surface area (Å²) in [7, 11) is 0. The molecule has 15 heavy (non-hydrogen) atoms. The lowest BCUT2D eigenvalue weighted by molar-refractivity contribution is 0.393. The maximum Gasteiger partial charge on any atom is 0.152 e. The molecule has 1 N–H and O–H groups in total. The third-order valence-electron chi connectivity index (χ3n) is 2.57. The fourth-order valence-corrected chi connectivity index (χ4v) is 1.78. The average molecular weight is 202 g/mol. The summed E-state index contributed by atoms with van der Waals surface area (Å²) >= 11 is 0. The SMILES string of the molecule is c1nc2c(cc1-c1conn1)CNCC2. The summed E-state index contributed by atoms with van der Waals surface area (Å²) in [4.78, 5) is 4.43. The molecule has 2 aromatic rings. The predicted molar refractivity (Wildman–Crippen MR) is 52.9 cm³/mol. The van der Waals surface area contributed by atoms with Gasteiger partial charge in [-0.25, -0.2) is 0 Å². The highest BCUT2D eigenvalue weighted by Gasteiger charge is 2.12. The molecule has 0 bridgehead atoms. The zero-order chi connectivity index (χ0) is 10.1. The zero-order valence-electron chi connectivity index (χ0n) is 8.10. The van der Waals surface area contributed by atoms with Crippen LogP contribution in [0.15, 0.2) is 23.0 Å². The highest BCUT2D eigenvalue weighted by Crippen LogP contribution is 2.20. The highest BCUT2D eigenvalue weighted by atomic mass is 16.5. The zero-order valence-corrected chi connectivity index (χ0v) is 8.10. The largest absolute Gasteiger partial charge is 0.345 e. The first kappa shape index (κ1) is 8.55. The summed E-state index contributed by atoms with van der Waals surface area (Å²) in [5, 5.41) is 10.6. The van der Waals surface area contributed by atoms with Crippen molar-refractivity contribution >= 4 is 0 Å². The Morgan fingerprint density at radius 2 is 2.40 bits per heavy atom. The van der Waals surface area contributed by atoms with Gasteiger partial charge in [0.1, 0.15) is 5.69 Å². The number of aromatic nitrogens is 3. The van der Waals surface area contributed by atoms with Crippen molar-refractivity contribution in [1.82, 2.24) is 20.7 Å². The molecule has 2 aromatic heterocycles. The molecule has 0 amide bonds. The van der Waals surface area contributed by atoms with Crippen molar-refractivity contribution in [3.63, 3.8) is 0 Å². The van der Waals surface area contributed by atoms with Gasteiger partial charge < -0.3 is 9.84 Å². The van der Waals surface area contributed by atoms with Crippen LogP contribution in [0.1, 0.15) is 11.3 Å². The van der Waals surface area contributed by atoms with Gasteiger partial charge in [0.05, 0.1) is 0 Å². The van der Waals surface area contributed by atoms with E-state index in [1.165, 1.54) is 17.5 Å². The molecule has 5 heteroatoms. The molecule has 0 atom stereocenters. The number of hydrogen-bond acceptors (Lipinski definition) is 5. The predicted octanol–water partition coefficient (Wildman–Crippen LogP) is 0.777. The van der Waals surface area contributed by atoms with Crippen molar-refractivity contribution in [2.45, 2.75) is 13.0 Å². The molecule has 1 aliphatic rings. The maximum atomic E-state index is 4.71. The van der Waals surface area contributed by atoms with Gasteiger partial charge in [-0.3, -0.25) is 4.98 Å². The Balaban J connectivity index is 2.04. The lowest BCUT2D eigenvalue weighted by Crippen LogP contribution is -2.24. The second-order valence-corrected chi connectivity index (χ2v) is 3.55. The van der Waals surface area contributed by atoms with E-state index in [-0.39, 0.29) is 0 Å². The molecule has 3 heterocycles. The first-order valence-corrected chi connectivity index (χ1v) is 4.89. The minimum Gasteiger partial charge on any atom is -0.345 e. The number of nitrogens with zero attached hydrogens (tertiary/aromatic N) is 3. The lowest BCUT2D eigenvalue weighted by Gasteiger charge is -2.15. The standard InChI is InChI=1S/C10H10N4O/c1-2-11-4-7-3-8(5-12-9(1)7)10-6-15-14-13-10/h3,5-6,11H,1-2,4H2. The van der Waals surface area contributed by atoms with Gasteiger partial charge in [-0.05, 0) is 11.6 Å². The van der Waals surface area contributed by atoms with Crippen LogP contribution >= 0.6 is 0 Å². The van der Waals surface area contributed by atoms with Gasteiger partial charge in [-0.2, -0.15) is 0 Å². The summed E-state index contributed by atoms with van der Waals surface area (Å²) < 4.78 is 4.71. The van der Waals surface area contributed by atoms with E-state index in [1.807, 2.05) is 6.20 Å². The second-order valence-electron chi connectivity index (χ2n) is 3.55. The van der Waals surface area contributed by atoms with E-state index in [1.54, 1.807) is 0 Å². The van der Waals surface area contributed by atoms with Crippen LogP contribution in [0, 0.1) is 0 Å². The molecule has 0 aliphatic carbocycles. The van der Waals surface area contributed by atoms with Crippen molar-refractivity contribution in [2.75, 3.05) is 6.54 Å². The molecule has 0 unspecified atom stereocenters. The van der Waals surface area contributed by atoms with Crippen LogP contribution in [0.4, 0.5) is 0 Å². The third kappa shape index (κ3) is 1.50. The van der Waals surface area contributed by atoms with Crippen LogP contribution < -0.4 is 5.32 Å². The van der Waals surface area contributed by atoms with Crippen LogP contribution in [0.3, 0.4) is 0 Å². The first-order chi connectivity index (χ1) is 7.43. The van der Waals surface area contributed by atoms with E-state index in [0.717, 1.165) is 30.8 Å². The van der Waals surface area contributed by atoms with Crippen LogP contribution in [-0.2, 0) is 13.0 Å². The average Bonchev–Trinajstić information content (AvgIpc) is 2.82. The third-order valence-corrected chi connectivity index (χ3v) is 2.57. The Hall–Kier alpha value is -1.75. The number of pyridine rings is 1. The molecular formula is C10H10N4O. The van der Waals surface area contributed by atoms with Crippen molar-refractivity contribution in [1.29, 1.82) is 0 Å². The van der Waals surface area contributed by atoms with Crippen LogP contribution in [0.2, 0.25) is 0 Å². The van der Waals surface area contributed by atoms with Crippen molar-refractivity contribution in [3.8, 4) is 11.3 Å². The normalized spacial score (nSPS) is 14.9. The molecule has 76 valence electrons. The molecule has 5 nitrogen and oxygen atoms in total. The molecule has 0 saturated carbocycles. The molecule has 0 saturated heterocycles. The van der Waals surface area contributed by atoms with Crippen molar-refractivity contribution in [3.05, 3.63) is 29.8 Å². The van der Waals surface area contributed by atoms with Gasteiger partial charge in [-0.15, -0.1) is 5.10 Å². The fraction of sp³-hybridized carbons (Fsp3) is 0.300. The number of nitrogens with one attached hydrogen (secondary N) is 1. The van der Waals surface area contributed by atoms with Gasteiger partial charge in [0.25, 0.3) is 0 Å². The topological polar surface area (TPSA) is 63.8 Å². The van der Waals surface area contributed by atoms with Crippen LogP contribution in [-0.4, -0.2) is 21.9 Å². The molecule has 0 aromatic carbocycles. The summed E-state index contributed by atoms with van der Waals surface area (Å²) in [6, 6.07) is 2.09. The van der Waals surface area contributed by atoms with Gasteiger partial charge >= 0.3 is 0 Å². The second kappa shape index (κ2) is 3.43. The number of hydrogen-bond donors (Lipinski definition) is 1. The summed E-state index contributed by atoms with van der Waals surface area (Å²) in [6.07, 6.45) is 4.34. The molecule has 3 rings (SSSR count). The maximum absolute atomic E-state index is 4.71. The van der Waals surface area contributed by atoms with Crippen LogP contribution in [0.25, 0.3) is 11.3 Å². The van der Waals surface area contributed by atoms with E-state index in [0.29, 0.717) is 0 Å². The Bertz CT molecular complexity index is 466. The molecule has 0 spiro atoms. The molecular weight excluding hydrogens is 192 g/mol. The summed E-state index contributed by atoms with van der Waals surface area (Å²) in [6.45, 7) is 1.88. The quantitative estimate of drug-likeness (QED) is 0.740. The van der Waals surface area contributed by atoms with E-state index in [4.69, 9.17) is 4.52 Å². The van der Waals surface area contributed by atoms with Gasteiger partial charge in [0.15, 0.2) is 6.26 Å². The van der Waals surface area contributed by atoms with E-state index in [2.05, 4.69) is 26.7 Å². The summed E-state index contributed by atoms with van der Waals surface area (Å²) in [5.74, 6) is 0. The minimum atomic E-state index is 0.732. The van der Waals surface area contributed by atoms with Gasteiger partial charge in [-0.1, -0.05) is 0 Å². The van der Waals surface area contributed by atoms with Crippen molar-refractivity contribution in [2.24, 2.45) is 0 Å². The number of rotatable bonds is 1. The Morgan fingerprint density at radius 1 is 1.40 bits per heavy atom. The Kier molecular flexibility index (Phi) is 1.96. The smallest absolute Gasteiger partial charge is 0.152 e. The Labute approximate surface area is 86.5 Å².